The van der Waals surface area contributed by atoms with Crippen LogP contribution >= 0.6 is 0 Å². The topological polar surface area (TPSA) is 58.6 Å². The Morgan fingerprint density at radius 2 is 2.18 bits per heavy atom. The molecule has 5 nitrogen and oxygen atoms in total. The van der Waals surface area contributed by atoms with Gasteiger partial charge in [-0.3, -0.25) is 10.1 Å². The summed E-state index contributed by atoms with van der Waals surface area (Å²) in [4.78, 5) is 23.7. The predicted octanol–water partition coefficient (Wildman–Crippen LogP) is 1.52. The fraction of sp³-hybridized carbons (Fsp3) is 0.833. The predicted molar refractivity (Wildman–Crippen MR) is 64.7 cm³/mol. The molecule has 3 amide bonds. The molecule has 1 rings (SSSR count). The number of amides is 3. The summed E-state index contributed by atoms with van der Waals surface area (Å²) in [6.07, 6.45) is 4.34. The standard InChI is InChI=1S/C12H22N2O3/c1-3-6-10(4-2)17-8-5-7-14-9-11(15)13-12(14)16/h10H,3-9H2,1-2H3,(H,13,15,16)/t10-/m0/s1. The Bertz CT molecular complexity index is 268. The zero-order valence-electron chi connectivity index (χ0n) is 10.7. The Morgan fingerprint density at radius 1 is 1.41 bits per heavy atom. The lowest BCUT2D eigenvalue weighted by Crippen LogP contribution is -2.30. The number of rotatable bonds is 8. The van der Waals surface area contributed by atoms with E-state index in [0.717, 1.165) is 25.7 Å². The fourth-order valence-electron chi connectivity index (χ4n) is 1.90. The molecule has 0 spiro atoms. The van der Waals surface area contributed by atoms with Crippen LogP contribution in [0.3, 0.4) is 0 Å². The van der Waals surface area contributed by atoms with Crippen LogP contribution in [0.5, 0.6) is 0 Å². The van der Waals surface area contributed by atoms with Crippen molar-refractivity contribution in [1.82, 2.24) is 10.2 Å². The van der Waals surface area contributed by atoms with Crippen LogP contribution in [0.4, 0.5) is 4.79 Å². The van der Waals surface area contributed by atoms with Crippen LogP contribution in [0.1, 0.15) is 39.5 Å². The summed E-state index contributed by atoms with van der Waals surface area (Å²) >= 11 is 0. The summed E-state index contributed by atoms with van der Waals surface area (Å²) in [5, 5.41) is 2.26. The van der Waals surface area contributed by atoms with Gasteiger partial charge in [0.15, 0.2) is 0 Å². The molecule has 1 saturated heterocycles. The molecule has 0 aromatic rings. The van der Waals surface area contributed by atoms with Crippen molar-refractivity contribution in [2.45, 2.75) is 45.6 Å². The largest absolute Gasteiger partial charge is 0.378 e. The van der Waals surface area contributed by atoms with Crippen LogP contribution in [0.25, 0.3) is 0 Å². The molecule has 1 N–H and O–H groups in total. The first kappa shape index (κ1) is 14.0. The third kappa shape index (κ3) is 4.73. The number of carbonyl (C=O) groups excluding carboxylic acids is 2. The van der Waals surface area contributed by atoms with Crippen molar-refractivity contribution in [1.29, 1.82) is 0 Å². The quantitative estimate of drug-likeness (QED) is 0.518. The van der Waals surface area contributed by atoms with Crippen molar-refractivity contribution in [3.63, 3.8) is 0 Å². The van der Waals surface area contributed by atoms with Crippen molar-refractivity contribution >= 4 is 11.9 Å². The summed E-state index contributed by atoms with van der Waals surface area (Å²) < 4.78 is 5.71. The van der Waals surface area contributed by atoms with Gasteiger partial charge in [-0.25, -0.2) is 4.79 Å². The maximum absolute atomic E-state index is 11.2. The van der Waals surface area contributed by atoms with Crippen LogP contribution in [0.2, 0.25) is 0 Å². The number of ether oxygens (including phenoxy) is 1. The van der Waals surface area contributed by atoms with E-state index in [1.807, 2.05) is 0 Å². The van der Waals surface area contributed by atoms with Gasteiger partial charge in [-0.2, -0.15) is 0 Å². The molecule has 1 heterocycles. The maximum atomic E-state index is 11.2. The number of imide groups is 1. The zero-order chi connectivity index (χ0) is 12.7. The molecule has 98 valence electrons. The summed E-state index contributed by atoms with van der Waals surface area (Å²) in [6.45, 7) is 5.68. The second kappa shape index (κ2) is 7.27. The van der Waals surface area contributed by atoms with Crippen molar-refractivity contribution in [2.75, 3.05) is 19.7 Å². The fourth-order valence-corrected chi connectivity index (χ4v) is 1.90. The Morgan fingerprint density at radius 3 is 2.71 bits per heavy atom. The second-order valence-corrected chi connectivity index (χ2v) is 4.32. The minimum atomic E-state index is -0.282. The van der Waals surface area contributed by atoms with Crippen LogP contribution in [-0.4, -0.2) is 42.6 Å². The third-order valence-electron chi connectivity index (χ3n) is 2.86. The Hall–Kier alpha value is -1.10. The van der Waals surface area contributed by atoms with Gasteiger partial charge < -0.3 is 9.64 Å². The highest BCUT2D eigenvalue weighted by Gasteiger charge is 2.25. The Balaban J connectivity index is 2.11. The first-order valence-electron chi connectivity index (χ1n) is 6.37. The molecule has 0 bridgehead atoms. The molecule has 1 fully saturated rings. The summed E-state index contributed by atoms with van der Waals surface area (Å²) in [5.41, 5.74) is 0. The molecule has 0 aromatic carbocycles. The highest BCUT2D eigenvalue weighted by Crippen LogP contribution is 2.07. The molecule has 1 aliphatic heterocycles. The van der Waals surface area contributed by atoms with Crippen molar-refractivity contribution < 1.29 is 14.3 Å². The highest BCUT2D eigenvalue weighted by molar-refractivity contribution is 6.01. The van der Waals surface area contributed by atoms with Crippen molar-refractivity contribution in [3.05, 3.63) is 0 Å². The number of carbonyl (C=O) groups is 2. The lowest BCUT2D eigenvalue weighted by molar-refractivity contribution is -0.118. The summed E-state index contributed by atoms with van der Waals surface area (Å²) in [7, 11) is 0. The molecule has 5 heteroatoms. The third-order valence-corrected chi connectivity index (χ3v) is 2.86. The van der Waals surface area contributed by atoms with Gasteiger partial charge in [0.05, 0.1) is 6.10 Å². The van der Waals surface area contributed by atoms with Crippen molar-refractivity contribution in [3.8, 4) is 0 Å². The van der Waals surface area contributed by atoms with Crippen molar-refractivity contribution in [2.24, 2.45) is 0 Å². The smallest absolute Gasteiger partial charge is 0.324 e. The van der Waals surface area contributed by atoms with E-state index in [1.165, 1.54) is 4.90 Å². The van der Waals surface area contributed by atoms with E-state index in [-0.39, 0.29) is 18.5 Å². The lowest BCUT2D eigenvalue weighted by Gasteiger charge is -2.17. The molecule has 0 unspecified atom stereocenters. The van der Waals surface area contributed by atoms with Gasteiger partial charge in [-0.15, -0.1) is 0 Å². The Labute approximate surface area is 102 Å². The molecular weight excluding hydrogens is 220 g/mol. The molecule has 1 atom stereocenters. The molecule has 0 radical (unpaired) electrons. The second-order valence-electron chi connectivity index (χ2n) is 4.32. The molecule has 0 aromatic heterocycles. The minimum absolute atomic E-state index is 0.186. The SMILES string of the molecule is CCC[C@H](CC)OCCCN1CC(=O)NC1=O. The minimum Gasteiger partial charge on any atom is -0.378 e. The monoisotopic (exact) mass is 242 g/mol. The molecule has 1 aliphatic rings. The molecule has 0 saturated carbocycles. The summed E-state index contributed by atoms with van der Waals surface area (Å²) in [5.74, 6) is -0.215. The van der Waals surface area contributed by atoms with E-state index in [2.05, 4.69) is 19.2 Å². The number of nitrogens with one attached hydrogen (secondary N) is 1. The van der Waals surface area contributed by atoms with E-state index in [9.17, 15) is 9.59 Å². The number of urea groups is 1. The van der Waals surface area contributed by atoms with E-state index in [4.69, 9.17) is 4.74 Å². The molecule has 17 heavy (non-hydrogen) atoms. The molecule has 0 aliphatic carbocycles. The van der Waals surface area contributed by atoms with Gasteiger partial charge in [0.2, 0.25) is 5.91 Å². The van der Waals surface area contributed by atoms with Gasteiger partial charge in [0.25, 0.3) is 0 Å². The summed E-state index contributed by atoms with van der Waals surface area (Å²) in [6, 6.07) is -0.282. The number of hydrogen-bond acceptors (Lipinski definition) is 3. The average molecular weight is 242 g/mol. The van der Waals surface area contributed by atoms with Crippen LogP contribution in [-0.2, 0) is 9.53 Å². The van der Waals surface area contributed by atoms with Gasteiger partial charge in [-0.1, -0.05) is 20.3 Å². The Kier molecular flexibility index (Phi) is 5.97. The molecular formula is C12H22N2O3. The first-order chi connectivity index (χ1) is 8.17. The van der Waals surface area contributed by atoms with Crippen LogP contribution in [0, 0.1) is 0 Å². The maximum Gasteiger partial charge on any atom is 0.324 e. The number of hydrogen-bond donors (Lipinski definition) is 1. The lowest BCUT2D eigenvalue weighted by atomic mass is 10.1. The van der Waals surface area contributed by atoms with E-state index in [0.29, 0.717) is 19.3 Å². The normalized spacial score (nSPS) is 17.4. The van der Waals surface area contributed by atoms with E-state index < -0.39 is 0 Å². The van der Waals surface area contributed by atoms with Gasteiger partial charge >= 0.3 is 6.03 Å². The van der Waals surface area contributed by atoms with E-state index >= 15 is 0 Å². The number of nitrogens with zero attached hydrogens (tertiary/aromatic N) is 1. The first-order valence-corrected chi connectivity index (χ1v) is 6.37. The highest BCUT2D eigenvalue weighted by atomic mass is 16.5. The van der Waals surface area contributed by atoms with Gasteiger partial charge in [0.1, 0.15) is 6.54 Å². The average Bonchev–Trinajstić information content (AvgIpc) is 2.62. The van der Waals surface area contributed by atoms with E-state index in [1.54, 1.807) is 0 Å². The van der Waals surface area contributed by atoms with Crippen LogP contribution in [0.15, 0.2) is 0 Å². The van der Waals surface area contributed by atoms with Gasteiger partial charge in [0, 0.05) is 13.2 Å². The zero-order valence-corrected chi connectivity index (χ0v) is 10.7. The van der Waals surface area contributed by atoms with Gasteiger partial charge in [-0.05, 0) is 19.3 Å². The van der Waals surface area contributed by atoms with Crippen LogP contribution < -0.4 is 5.32 Å².